The first kappa shape index (κ1) is 12.5. The van der Waals surface area contributed by atoms with Gasteiger partial charge >= 0.3 is 0 Å². The van der Waals surface area contributed by atoms with E-state index in [9.17, 15) is 4.79 Å². The average molecular weight is 219 g/mol. The van der Waals surface area contributed by atoms with Crippen LogP contribution in [0.3, 0.4) is 0 Å². The molecule has 0 unspecified atom stereocenters. The van der Waals surface area contributed by atoms with Crippen molar-refractivity contribution in [3.8, 4) is 0 Å². The Bertz CT molecular complexity index is 371. The number of hydrogen-bond acceptors (Lipinski definition) is 2. The third-order valence-corrected chi connectivity index (χ3v) is 2.41. The molecule has 1 rings (SSSR count). The molecule has 0 saturated carbocycles. The van der Waals surface area contributed by atoms with Gasteiger partial charge in [-0.05, 0) is 17.6 Å². The Morgan fingerprint density at radius 3 is 2.50 bits per heavy atom. The number of carbonyl (C=O) groups excluding carboxylic acids is 1. The maximum Gasteiger partial charge on any atom is 0.270 e. The zero-order valence-corrected chi connectivity index (χ0v) is 9.93. The summed E-state index contributed by atoms with van der Waals surface area (Å²) in [4.78, 5) is 16.5. The topological polar surface area (TPSA) is 29.5 Å². The number of nitrogens with zero attached hydrogens (tertiary/aromatic N) is 1. The van der Waals surface area contributed by atoms with Crippen molar-refractivity contribution in [2.45, 2.75) is 13.3 Å². The van der Waals surface area contributed by atoms with Crippen molar-refractivity contribution in [2.75, 3.05) is 14.2 Å². The Kier molecular flexibility index (Phi) is 4.73. The van der Waals surface area contributed by atoms with E-state index in [0.29, 0.717) is 0 Å². The first-order valence-electron chi connectivity index (χ1n) is 5.26. The maximum absolute atomic E-state index is 11.6. The third kappa shape index (κ3) is 3.21. The number of hydrogen-bond donors (Lipinski definition) is 0. The fourth-order valence-corrected chi connectivity index (χ4v) is 1.37. The summed E-state index contributed by atoms with van der Waals surface area (Å²) in [6.45, 7) is 2.03. The molecule has 0 radical (unpaired) electrons. The van der Waals surface area contributed by atoms with Crippen LogP contribution in [-0.4, -0.2) is 25.1 Å². The standard InChI is InChI=1S/C13H17NO2/c1-4-11(10-13(15)14(2)16-3)12-8-6-5-7-9-12/h5-10H,4H2,1-3H3/b11-10+. The summed E-state index contributed by atoms with van der Waals surface area (Å²) in [5.74, 6) is -0.150. The molecule has 0 N–H and O–H groups in total. The molecule has 1 aromatic carbocycles. The van der Waals surface area contributed by atoms with Gasteiger partial charge in [-0.1, -0.05) is 37.3 Å². The molecule has 0 bridgehead atoms. The molecule has 86 valence electrons. The molecule has 0 aromatic heterocycles. The lowest BCUT2D eigenvalue weighted by atomic mass is 10.0. The van der Waals surface area contributed by atoms with Crippen LogP contribution < -0.4 is 0 Å². The van der Waals surface area contributed by atoms with Gasteiger partial charge in [0.1, 0.15) is 0 Å². The molecule has 0 aliphatic carbocycles. The molecule has 0 aliphatic heterocycles. The predicted molar refractivity (Wildman–Crippen MR) is 64.5 cm³/mol. The first-order chi connectivity index (χ1) is 7.69. The highest BCUT2D eigenvalue weighted by Crippen LogP contribution is 2.17. The van der Waals surface area contributed by atoms with E-state index in [-0.39, 0.29) is 5.91 Å². The van der Waals surface area contributed by atoms with Crippen LogP contribution in [0.25, 0.3) is 5.57 Å². The van der Waals surface area contributed by atoms with Crippen LogP contribution in [0, 0.1) is 0 Å². The highest BCUT2D eigenvalue weighted by Gasteiger charge is 2.06. The molecule has 1 aromatic rings. The molecule has 0 saturated heterocycles. The van der Waals surface area contributed by atoms with Gasteiger partial charge in [-0.25, -0.2) is 5.06 Å². The number of amides is 1. The molecular formula is C13H17NO2. The minimum absolute atomic E-state index is 0.150. The van der Waals surface area contributed by atoms with Gasteiger partial charge in [-0.15, -0.1) is 0 Å². The van der Waals surface area contributed by atoms with Gasteiger partial charge < -0.3 is 0 Å². The Labute approximate surface area is 96.3 Å². The summed E-state index contributed by atoms with van der Waals surface area (Å²) < 4.78 is 0. The quantitative estimate of drug-likeness (QED) is 0.575. The van der Waals surface area contributed by atoms with Gasteiger partial charge in [-0.2, -0.15) is 0 Å². The van der Waals surface area contributed by atoms with Crippen molar-refractivity contribution < 1.29 is 9.63 Å². The fourth-order valence-electron chi connectivity index (χ4n) is 1.37. The van der Waals surface area contributed by atoms with Gasteiger partial charge in [0.15, 0.2) is 0 Å². The highest BCUT2D eigenvalue weighted by molar-refractivity contribution is 5.94. The number of allylic oxidation sites excluding steroid dienone is 1. The Morgan fingerprint density at radius 2 is 2.00 bits per heavy atom. The summed E-state index contributed by atoms with van der Waals surface area (Å²) in [5.41, 5.74) is 2.08. The largest absolute Gasteiger partial charge is 0.274 e. The van der Waals surface area contributed by atoms with Crippen LogP contribution in [0.2, 0.25) is 0 Å². The number of hydroxylamine groups is 2. The third-order valence-electron chi connectivity index (χ3n) is 2.41. The molecule has 3 nitrogen and oxygen atoms in total. The normalized spacial score (nSPS) is 11.3. The van der Waals surface area contributed by atoms with Crippen molar-refractivity contribution in [1.29, 1.82) is 0 Å². The molecule has 16 heavy (non-hydrogen) atoms. The minimum atomic E-state index is -0.150. The second kappa shape index (κ2) is 6.08. The van der Waals surface area contributed by atoms with Gasteiger partial charge in [0.25, 0.3) is 5.91 Å². The summed E-state index contributed by atoms with van der Waals surface area (Å²) in [7, 11) is 3.07. The Balaban J connectivity index is 2.91. The molecule has 1 amide bonds. The number of likely N-dealkylation sites (N-methyl/N-ethyl adjacent to an activating group) is 1. The van der Waals surface area contributed by atoms with E-state index < -0.39 is 0 Å². The number of carbonyl (C=O) groups is 1. The summed E-state index contributed by atoms with van der Waals surface area (Å²) in [6.07, 6.45) is 2.42. The zero-order valence-electron chi connectivity index (χ0n) is 9.93. The van der Waals surface area contributed by atoms with Crippen molar-refractivity contribution in [1.82, 2.24) is 5.06 Å². The van der Waals surface area contributed by atoms with E-state index in [1.807, 2.05) is 37.3 Å². The van der Waals surface area contributed by atoms with Crippen molar-refractivity contribution >= 4 is 11.5 Å². The van der Waals surface area contributed by atoms with E-state index >= 15 is 0 Å². The Hall–Kier alpha value is -1.61. The smallest absolute Gasteiger partial charge is 0.270 e. The van der Waals surface area contributed by atoms with E-state index in [2.05, 4.69) is 0 Å². The maximum atomic E-state index is 11.6. The molecule has 0 spiro atoms. The summed E-state index contributed by atoms with van der Waals surface area (Å²) in [5, 5.41) is 1.21. The fraction of sp³-hybridized carbons (Fsp3) is 0.308. The minimum Gasteiger partial charge on any atom is -0.274 e. The molecule has 0 atom stereocenters. The lowest BCUT2D eigenvalue weighted by molar-refractivity contribution is -0.162. The lowest BCUT2D eigenvalue weighted by Crippen LogP contribution is -2.23. The van der Waals surface area contributed by atoms with Gasteiger partial charge in [0.2, 0.25) is 0 Å². The van der Waals surface area contributed by atoms with Crippen LogP contribution in [0.5, 0.6) is 0 Å². The van der Waals surface area contributed by atoms with Crippen molar-refractivity contribution in [2.24, 2.45) is 0 Å². The van der Waals surface area contributed by atoms with Crippen LogP contribution >= 0.6 is 0 Å². The van der Waals surface area contributed by atoms with Gasteiger partial charge in [0.05, 0.1) is 7.11 Å². The van der Waals surface area contributed by atoms with Gasteiger partial charge in [0, 0.05) is 13.1 Å². The van der Waals surface area contributed by atoms with E-state index in [4.69, 9.17) is 4.84 Å². The molecule has 3 heteroatoms. The van der Waals surface area contributed by atoms with Crippen molar-refractivity contribution in [3.63, 3.8) is 0 Å². The van der Waals surface area contributed by atoms with Crippen LogP contribution in [0.4, 0.5) is 0 Å². The highest BCUT2D eigenvalue weighted by atomic mass is 16.7. The number of benzene rings is 1. The van der Waals surface area contributed by atoms with E-state index in [1.54, 1.807) is 13.1 Å². The van der Waals surface area contributed by atoms with Crippen molar-refractivity contribution in [3.05, 3.63) is 42.0 Å². The Morgan fingerprint density at radius 1 is 1.38 bits per heavy atom. The van der Waals surface area contributed by atoms with Crippen LogP contribution in [0.15, 0.2) is 36.4 Å². The first-order valence-corrected chi connectivity index (χ1v) is 5.26. The molecular weight excluding hydrogens is 202 g/mol. The van der Waals surface area contributed by atoms with Gasteiger partial charge in [-0.3, -0.25) is 9.63 Å². The monoisotopic (exact) mass is 219 g/mol. The molecule has 0 heterocycles. The lowest BCUT2D eigenvalue weighted by Gasteiger charge is -2.12. The predicted octanol–water partition coefficient (Wildman–Crippen LogP) is 2.50. The second-order valence-corrected chi connectivity index (χ2v) is 3.41. The SMILES string of the molecule is CC/C(=C\C(=O)N(C)OC)c1ccccc1. The zero-order chi connectivity index (χ0) is 12.0. The second-order valence-electron chi connectivity index (χ2n) is 3.41. The summed E-state index contributed by atoms with van der Waals surface area (Å²) in [6, 6.07) is 9.87. The molecule has 0 aliphatic rings. The average Bonchev–Trinajstić information content (AvgIpc) is 2.35. The van der Waals surface area contributed by atoms with E-state index in [1.165, 1.54) is 12.2 Å². The summed E-state index contributed by atoms with van der Waals surface area (Å²) >= 11 is 0. The number of rotatable bonds is 4. The van der Waals surface area contributed by atoms with Crippen LogP contribution in [0.1, 0.15) is 18.9 Å². The van der Waals surface area contributed by atoms with Crippen LogP contribution in [-0.2, 0) is 9.63 Å². The molecule has 0 fully saturated rings. The van der Waals surface area contributed by atoms with E-state index in [0.717, 1.165) is 17.6 Å².